The fourth-order valence-electron chi connectivity index (χ4n) is 9.89. The molecule has 3 aliphatic heterocycles. The number of rotatable bonds is 18. The molecule has 3 aliphatic rings. The van der Waals surface area contributed by atoms with Gasteiger partial charge in [0.25, 0.3) is 0 Å². The number of carbonyl (C=O) groups excluding carboxylic acids is 7. The molecule has 1 fully saturated rings. The van der Waals surface area contributed by atoms with Crippen LogP contribution in [0.4, 0.5) is 5.69 Å². The zero-order valence-corrected chi connectivity index (χ0v) is 41.9. The summed E-state index contributed by atoms with van der Waals surface area (Å²) in [6.45, 7) is 9.54. The number of primary amides is 1. The number of aryl methyl sites for hydroxylation is 3. The first-order chi connectivity index (χ1) is 33.9. The Kier molecular flexibility index (Phi) is 15.5. The average Bonchev–Trinajstić information content (AvgIpc) is 4.05. The number of aromatic nitrogens is 1. The van der Waals surface area contributed by atoms with Gasteiger partial charge in [0.15, 0.2) is 5.78 Å². The summed E-state index contributed by atoms with van der Waals surface area (Å²) in [7, 11) is 0. The Morgan fingerprint density at radius 2 is 1.56 bits per heavy atom. The van der Waals surface area contributed by atoms with Gasteiger partial charge >= 0.3 is 0 Å². The maximum absolute atomic E-state index is 14.2. The number of anilines is 1. The number of nitrogens with two attached hydrogens (primary N) is 1. The summed E-state index contributed by atoms with van der Waals surface area (Å²) in [5.41, 5.74) is 14.2. The number of nitrogens with zero attached hydrogens (tertiary/aromatic N) is 3. The van der Waals surface area contributed by atoms with Crippen molar-refractivity contribution in [3.8, 4) is 10.4 Å². The molecule has 6 amide bonds. The van der Waals surface area contributed by atoms with Crippen LogP contribution in [0.25, 0.3) is 21.2 Å². The fourth-order valence-corrected chi connectivity index (χ4v) is 10.7. The number of ketones is 1. The maximum atomic E-state index is 14.2. The fraction of sp³-hybridized carbons (Fsp3) is 0.418. The topological polar surface area (TPSA) is 210 Å². The number of amides is 6. The number of hydrogen-bond donors (Lipinski definition) is 4. The third-order valence-electron chi connectivity index (χ3n) is 13.9. The minimum atomic E-state index is -0.993. The molecule has 1 saturated heterocycles. The summed E-state index contributed by atoms with van der Waals surface area (Å²) >= 11 is 1.56. The van der Waals surface area contributed by atoms with Crippen LogP contribution < -0.4 is 26.6 Å². The van der Waals surface area contributed by atoms with Gasteiger partial charge in [-0.25, -0.2) is 4.98 Å². The van der Waals surface area contributed by atoms with Gasteiger partial charge < -0.3 is 31.3 Å². The van der Waals surface area contributed by atoms with Crippen LogP contribution in [0.2, 0.25) is 0 Å². The van der Waals surface area contributed by atoms with E-state index in [9.17, 15) is 33.6 Å². The molecule has 8 rings (SSSR count). The molecule has 1 aromatic heterocycles. The Bertz CT molecular complexity index is 2850. The van der Waals surface area contributed by atoms with Crippen molar-refractivity contribution in [3.63, 3.8) is 0 Å². The molecule has 4 heterocycles. The van der Waals surface area contributed by atoms with Crippen LogP contribution in [0.3, 0.4) is 0 Å². The van der Waals surface area contributed by atoms with E-state index >= 15 is 0 Å². The Morgan fingerprint density at radius 1 is 0.845 bits per heavy atom. The highest BCUT2D eigenvalue weighted by atomic mass is 32.1. The molecule has 16 heteroatoms. The highest BCUT2D eigenvalue weighted by Gasteiger charge is 2.45. The number of fused-ring (bicyclic) bond motifs is 1. The lowest BCUT2D eigenvalue weighted by Crippen LogP contribution is -2.57. The number of benzene rings is 4. The van der Waals surface area contributed by atoms with E-state index in [0.717, 1.165) is 73.3 Å². The van der Waals surface area contributed by atoms with Crippen LogP contribution >= 0.6 is 11.3 Å². The number of para-hydroxylation sites is 1. The molecule has 5 N–H and O–H groups in total. The van der Waals surface area contributed by atoms with Crippen molar-refractivity contribution in [1.29, 1.82) is 0 Å². The molecule has 5 aromatic rings. The lowest BCUT2D eigenvalue weighted by atomic mass is 9.85. The van der Waals surface area contributed by atoms with E-state index in [1.165, 1.54) is 4.90 Å². The summed E-state index contributed by atoms with van der Waals surface area (Å²) in [4.78, 5) is 102. The molecule has 0 radical (unpaired) electrons. The molecule has 71 heavy (non-hydrogen) atoms. The van der Waals surface area contributed by atoms with Gasteiger partial charge in [0.05, 0.1) is 47.1 Å². The zero-order chi connectivity index (χ0) is 50.6. The molecular formula is C55H63N7O8S. The molecule has 15 nitrogen and oxygen atoms in total. The smallest absolute Gasteiger partial charge is 0.246 e. The van der Waals surface area contributed by atoms with Crippen molar-refractivity contribution in [2.75, 3.05) is 11.4 Å². The number of ether oxygens (including phenoxy) is 1. The van der Waals surface area contributed by atoms with E-state index < -0.39 is 53.4 Å². The largest absolute Gasteiger partial charge is 0.372 e. The maximum Gasteiger partial charge on any atom is 0.246 e. The van der Waals surface area contributed by atoms with Crippen LogP contribution in [0.5, 0.6) is 0 Å². The number of hydrogen-bond acceptors (Lipinski definition) is 10. The van der Waals surface area contributed by atoms with Gasteiger partial charge in [0, 0.05) is 38.6 Å². The van der Waals surface area contributed by atoms with Crippen LogP contribution in [0, 0.1) is 12.3 Å². The first-order valence-corrected chi connectivity index (χ1v) is 25.3. The van der Waals surface area contributed by atoms with Crippen molar-refractivity contribution >= 4 is 69.0 Å². The zero-order valence-electron chi connectivity index (χ0n) is 41.0. The number of thiazole rings is 1. The highest BCUT2D eigenvalue weighted by Crippen LogP contribution is 2.39. The molecule has 4 aromatic carbocycles. The van der Waals surface area contributed by atoms with Gasteiger partial charge in [-0.3, -0.25) is 38.5 Å². The van der Waals surface area contributed by atoms with Crippen molar-refractivity contribution < 1.29 is 38.3 Å². The van der Waals surface area contributed by atoms with Gasteiger partial charge in [-0.15, -0.1) is 11.3 Å². The molecule has 0 bridgehead atoms. The summed E-state index contributed by atoms with van der Waals surface area (Å²) in [6, 6.07) is 22.5. The molecule has 0 spiro atoms. The highest BCUT2D eigenvalue weighted by molar-refractivity contribution is 7.13. The van der Waals surface area contributed by atoms with Crippen LogP contribution in [0.1, 0.15) is 99.7 Å². The predicted molar refractivity (Wildman–Crippen MR) is 272 cm³/mol. The minimum absolute atomic E-state index is 0.0467. The first-order valence-electron chi connectivity index (χ1n) is 24.5. The second-order valence-electron chi connectivity index (χ2n) is 20.2. The van der Waals surface area contributed by atoms with Gasteiger partial charge in [-0.2, -0.15) is 0 Å². The second kappa shape index (κ2) is 21.7. The van der Waals surface area contributed by atoms with Gasteiger partial charge in [-0.05, 0) is 95.2 Å². The lowest BCUT2D eigenvalue weighted by Gasteiger charge is -2.35. The quantitative estimate of drug-likeness (QED) is 0.0790. The first kappa shape index (κ1) is 50.6. The normalized spacial score (nSPS) is 17.9. The van der Waals surface area contributed by atoms with Gasteiger partial charge in [-0.1, -0.05) is 93.6 Å². The van der Waals surface area contributed by atoms with Gasteiger partial charge in [0.2, 0.25) is 35.4 Å². The molecule has 1 unspecified atom stereocenters. The number of carbonyl (C=O) groups is 7. The monoisotopic (exact) mass is 981 g/mol. The Labute approximate surface area is 418 Å². The van der Waals surface area contributed by atoms with E-state index in [1.807, 2.05) is 113 Å². The van der Waals surface area contributed by atoms with Crippen molar-refractivity contribution in [1.82, 2.24) is 25.8 Å². The number of Topliss-reactive ketones (excluding diaryl/α,β-unsaturated/α-hetero) is 1. The molecule has 372 valence electrons. The Balaban J connectivity index is 0.858. The van der Waals surface area contributed by atoms with Crippen molar-refractivity contribution in [2.45, 2.75) is 136 Å². The molecule has 5 atom stereocenters. The summed E-state index contributed by atoms with van der Waals surface area (Å²) in [5, 5.41) is 10.9. The number of nitrogens with one attached hydrogen (secondary N) is 3. The van der Waals surface area contributed by atoms with E-state index in [2.05, 4.69) is 20.9 Å². The van der Waals surface area contributed by atoms with E-state index in [1.54, 1.807) is 21.7 Å². The summed E-state index contributed by atoms with van der Waals surface area (Å²) < 4.78 is 6.35. The van der Waals surface area contributed by atoms with Gasteiger partial charge in [0.1, 0.15) is 18.1 Å². The van der Waals surface area contributed by atoms with Crippen LogP contribution in [0.15, 0.2) is 84.4 Å². The Morgan fingerprint density at radius 3 is 2.28 bits per heavy atom. The predicted octanol–water partition coefficient (Wildman–Crippen LogP) is 6.17. The minimum Gasteiger partial charge on any atom is -0.372 e. The lowest BCUT2D eigenvalue weighted by molar-refractivity contribution is -0.144. The molecule has 0 saturated carbocycles. The average molecular weight is 982 g/mol. The number of likely N-dealkylation sites (tertiary alicyclic amines) is 1. The third-order valence-corrected chi connectivity index (χ3v) is 14.8. The SMILES string of the molecule is Cc1ncsc1-c1ccc(CNC(=O)[C@@H]2CC(=O)CN2C(=O)[C@@H](NC(=O)CCc2ccc3ccc(CO[C@H](C)C(CCC(N)=O)NC(=O)[C@@H]4Cc5cccc6c5N4C(=O)CCC6)cc3c2)C(C)(C)C)cc1. The summed E-state index contributed by atoms with van der Waals surface area (Å²) in [5.74, 6) is -2.33. The molecule has 0 aliphatic carbocycles. The van der Waals surface area contributed by atoms with E-state index in [4.69, 9.17) is 10.5 Å². The molecular weight excluding hydrogens is 919 g/mol. The van der Waals surface area contributed by atoms with Crippen molar-refractivity contribution in [3.05, 3.63) is 118 Å². The third kappa shape index (κ3) is 11.9. The standard InChI is InChI=1S/C55H63N7O8S/c1-32-50(71-31-58-32)39-19-13-35(14-20-39)28-57-52(67)44-27-42(63)29-61(44)54(69)51(55(3,4)5)60-47(65)23-16-34-12-17-37-18-15-36(25-41(37)24-34)30-70-33(2)43(21-22-46(56)64)59-53(68)45-26-40-10-6-8-38-9-7-11-48(66)62(45)49(38)40/h6,8,10,12-15,17-20,24-25,31,33,43-45,51H,7,9,11,16,21-23,26-30H2,1-5H3,(H2,56,64)(H,57,67)(H,59,68)(H,60,65)/t33-,43?,44+,45+,51-/m1/s1. The van der Waals surface area contributed by atoms with Crippen molar-refractivity contribution in [2.24, 2.45) is 11.1 Å². The van der Waals surface area contributed by atoms with E-state index in [0.29, 0.717) is 19.3 Å². The Hall–Kier alpha value is -6.78. The van der Waals surface area contributed by atoms with E-state index in [-0.39, 0.29) is 68.9 Å². The van der Waals surface area contributed by atoms with Crippen LogP contribution in [-0.2, 0) is 70.7 Å². The van der Waals surface area contributed by atoms with Crippen LogP contribution in [-0.4, -0.2) is 87.9 Å². The summed E-state index contributed by atoms with van der Waals surface area (Å²) in [6.07, 6.45) is 2.47. The second-order valence-corrected chi connectivity index (χ2v) is 21.0.